The minimum absolute atomic E-state index is 0. The van der Waals surface area contributed by atoms with E-state index in [1.54, 1.807) is 0 Å². The van der Waals surface area contributed by atoms with E-state index in [4.69, 9.17) is 5.73 Å². The summed E-state index contributed by atoms with van der Waals surface area (Å²) in [7, 11) is 2.11. The van der Waals surface area contributed by atoms with Gasteiger partial charge in [-0.05, 0) is 45.7 Å². The molecule has 0 aromatic carbocycles. The van der Waals surface area contributed by atoms with Gasteiger partial charge in [0.05, 0.1) is 0 Å². The van der Waals surface area contributed by atoms with Gasteiger partial charge in [-0.3, -0.25) is 4.79 Å². The standard InChI is InChI=1S/C14H29N3O.2ClH/c1-4-11(2)17(3)9-8-16-14(18)13-7-5-6-12(13)10-15;;/h11-13H,4-10,15H2,1-3H3,(H,16,18);2*1H/t11?,12-,13-;;/m1../s1. The molecule has 0 aliphatic heterocycles. The summed E-state index contributed by atoms with van der Waals surface area (Å²) >= 11 is 0. The van der Waals surface area contributed by atoms with Crippen LogP contribution in [0.2, 0.25) is 0 Å². The van der Waals surface area contributed by atoms with Gasteiger partial charge in [0.15, 0.2) is 0 Å². The van der Waals surface area contributed by atoms with Crippen LogP contribution in [0.3, 0.4) is 0 Å². The normalized spacial score (nSPS) is 22.9. The van der Waals surface area contributed by atoms with E-state index >= 15 is 0 Å². The van der Waals surface area contributed by atoms with E-state index in [0.717, 1.165) is 38.8 Å². The first-order valence-corrected chi connectivity index (χ1v) is 7.28. The van der Waals surface area contributed by atoms with Crippen molar-refractivity contribution in [3.05, 3.63) is 0 Å². The Hall–Kier alpha value is -0.0300. The molecule has 1 aliphatic carbocycles. The van der Waals surface area contributed by atoms with Crippen LogP contribution >= 0.6 is 24.8 Å². The molecule has 0 radical (unpaired) electrons. The minimum Gasteiger partial charge on any atom is -0.355 e. The van der Waals surface area contributed by atoms with E-state index in [0.29, 0.717) is 18.5 Å². The van der Waals surface area contributed by atoms with Crippen LogP contribution in [-0.2, 0) is 4.79 Å². The Bertz CT molecular complexity index is 267. The number of nitrogens with two attached hydrogens (primary N) is 1. The zero-order valence-electron chi connectivity index (χ0n) is 12.9. The van der Waals surface area contributed by atoms with Gasteiger partial charge >= 0.3 is 0 Å². The van der Waals surface area contributed by atoms with Crippen LogP contribution in [0.1, 0.15) is 39.5 Å². The van der Waals surface area contributed by atoms with Gasteiger partial charge in [-0.15, -0.1) is 24.8 Å². The molecule has 1 saturated carbocycles. The molecule has 0 bridgehead atoms. The molecule has 0 aromatic heterocycles. The van der Waals surface area contributed by atoms with Crippen LogP contribution < -0.4 is 11.1 Å². The molecular weight excluding hydrogens is 297 g/mol. The number of carbonyl (C=O) groups is 1. The van der Waals surface area contributed by atoms with Crippen molar-refractivity contribution in [2.75, 3.05) is 26.7 Å². The molecule has 0 aromatic rings. The molecule has 20 heavy (non-hydrogen) atoms. The lowest BCUT2D eigenvalue weighted by Crippen LogP contribution is -2.40. The van der Waals surface area contributed by atoms with Gasteiger partial charge in [-0.2, -0.15) is 0 Å². The topological polar surface area (TPSA) is 58.4 Å². The Balaban J connectivity index is 0. The van der Waals surface area contributed by atoms with Gasteiger partial charge in [0.1, 0.15) is 0 Å². The Morgan fingerprint density at radius 1 is 1.40 bits per heavy atom. The maximum Gasteiger partial charge on any atom is 0.223 e. The predicted octanol–water partition coefficient (Wildman–Crippen LogP) is 2.05. The molecule has 3 atom stereocenters. The maximum absolute atomic E-state index is 12.1. The molecule has 122 valence electrons. The molecule has 4 nitrogen and oxygen atoms in total. The quantitative estimate of drug-likeness (QED) is 0.752. The largest absolute Gasteiger partial charge is 0.355 e. The number of nitrogens with zero attached hydrogens (tertiary/aromatic N) is 1. The second-order valence-corrected chi connectivity index (χ2v) is 5.56. The first kappa shape index (κ1) is 22.3. The highest BCUT2D eigenvalue weighted by Crippen LogP contribution is 2.30. The number of hydrogen-bond donors (Lipinski definition) is 2. The molecule has 1 aliphatic rings. The van der Waals surface area contributed by atoms with Crippen molar-refractivity contribution in [2.45, 2.75) is 45.6 Å². The first-order valence-electron chi connectivity index (χ1n) is 7.28. The molecule has 0 heterocycles. The first-order chi connectivity index (χ1) is 8.60. The summed E-state index contributed by atoms with van der Waals surface area (Å²) in [6.07, 6.45) is 4.41. The van der Waals surface area contributed by atoms with E-state index in [2.05, 4.69) is 31.1 Å². The molecule has 0 spiro atoms. The van der Waals surface area contributed by atoms with Crippen molar-refractivity contribution in [2.24, 2.45) is 17.6 Å². The number of amides is 1. The lowest BCUT2D eigenvalue weighted by molar-refractivity contribution is -0.126. The van der Waals surface area contributed by atoms with E-state index < -0.39 is 0 Å². The highest BCUT2D eigenvalue weighted by molar-refractivity contribution is 5.85. The van der Waals surface area contributed by atoms with Crippen molar-refractivity contribution in [1.29, 1.82) is 0 Å². The molecule has 3 N–H and O–H groups in total. The van der Waals surface area contributed by atoms with Crippen LogP contribution in [0, 0.1) is 11.8 Å². The van der Waals surface area contributed by atoms with Crippen molar-refractivity contribution in [3.63, 3.8) is 0 Å². The number of halogens is 2. The zero-order valence-corrected chi connectivity index (χ0v) is 14.6. The smallest absolute Gasteiger partial charge is 0.223 e. The van der Waals surface area contributed by atoms with E-state index in [9.17, 15) is 4.79 Å². The molecule has 1 rings (SSSR count). The number of rotatable bonds is 7. The highest BCUT2D eigenvalue weighted by Gasteiger charge is 2.31. The second-order valence-electron chi connectivity index (χ2n) is 5.56. The Kier molecular flexibility index (Phi) is 12.9. The summed E-state index contributed by atoms with van der Waals surface area (Å²) in [5, 5.41) is 3.06. The summed E-state index contributed by atoms with van der Waals surface area (Å²) in [5.74, 6) is 0.765. The summed E-state index contributed by atoms with van der Waals surface area (Å²) in [6, 6.07) is 0.574. The lowest BCUT2D eigenvalue weighted by Gasteiger charge is -2.24. The fourth-order valence-corrected chi connectivity index (χ4v) is 2.68. The molecular formula is C14H31Cl2N3O. The molecule has 6 heteroatoms. The van der Waals surface area contributed by atoms with Crippen LogP contribution in [0.25, 0.3) is 0 Å². The van der Waals surface area contributed by atoms with Crippen molar-refractivity contribution in [1.82, 2.24) is 10.2 Å². The Morgan fingerprint density at radius 2 is 2.05 bits per heavy atom. The SMILES string of the molecule is CCC(C)N(C)CCNC(=O)[C@@H]1CCC[C@@H]1CN.Cl.Cl. The average Bonchev–Trinajstić information content (AvgIpc) is 2.85. The molecule has 1 fully saturated rings. The van der Waals surface area contributed by atoms with Gasteiger partial charge in [0.2, 0.25) is 5.91 Å². The van der Waals surface area contributed by atoms with Crippen molar-refractivity contribution < 1.29 is 4.79 Å². The molecule has 1 unspecified atom stereocenters. The minimum atomic E-state index is 0. The third kappa shape index (κ3) is 6.61. The van der Waals surface area contributed by atoms with E-state index in [1.165, 1.54) is 0 Å². The van der Waals surface area contributed by atoms with Gasteiger partial charge < -0.3 is 16.0 Å². The summed E-state index contributed by atoms with van der Waals surface area (Å²) in [4.78, 5) is 14.3. The summed E-state index contributed by atoms with van der Waals surface area (Å²) in [6.45, 7) is 6.70. The summed E-state index contributed by atoms with van der Waals surface area (Å²) in [5.41, 5.74) is 5.71. The third-order valence-corrected chi connectivity index (χ3v) is 4.41. The fraction of sp³-hybridized carbons (Fsp3) is 0.929. The second kappa shape index (κ2) is 11.6. The Morgan fingerprint density at radius 3 is 2.60 bits per heavy atom. The number of likely N-dealkylation sites (N-methyl/N-ethyl adjacent to an activating group) is 1. The average molecular weight is 328 g/mol. The molecule has 1 amide bonds. The van der Waals surface area contributed by atoms with Gasteiger partial charge in [-0.1, -0.05) is 13.3 Å². The predicted molar refractivity (Wildman–Crippen MR) is 89.8 cm³/mol. The summed E-state index contributed by atoms with van der Waals surface area (Å²) < 4.78 is 0. The van der Waals surface area contributed by atoms with Crippen LogP contribution in [0.15, 0.2) is 0 Å². The number of hydrogen-bond acceptors (Lipinski definition) is 3. The van der Waals surface area contributed by atoms with Gasteiger partial charge in [0.25, 0.3) is 0 Å². The van der Waals surface area contributed by atoms with Crippen molar-refractivity contribution >= 4 is 30.7 Å². The van der Waals surface area contributed by atoms with Gasteiger partial charge in [0, 0.05) is 25.0 Å². The monoisotopic (exact) mass is 327 g/mol. The number of carbonyl (C=O) groups excluding carboxylic acids is 1. The van der Waals surface area contributed by atoms with Crippen LogP contribution in [0.4, 0.5) is 0 Å². The van der Waals surface area contributed by atoms with E-state index in [-0.39, 0.29) is 36.6 Å². The zero-order chi connectivity index (χ0) is 13.5. The van der Waals surface area contributed by atoms with E-state index in [1.807, 2.05) is 0 Å². The Labute approximate surface area is 136 Å². The maximum atomic E-state index is 12.1. The third-order valence-electron chi connectivity index (χ3n) is 4.41. The van der Waals surface area contributed by atoms with Crippen LogP contribution in [-0.4, -0.2) is 43.5 Å². The fourth-order valence-electron chi connectivity index (χ4n) is 2.68. The van der Waals surface area contributed by atoms with Crippen LogP contribution in [0.5, 0.6) is 0 Å². The highest BCUT2D eigenvalue weighted by atomic mass is 35.5. The van der Waals surface area contributed by atoms with Gasteiger partial charge in [-0.25, -0.2) is 0 Å². The van der Waals surface area contributed by atoms with Crippen molar-refractivity contribution in [3.8, 4) is 0 Å². The number of nitrogens with one attached hydrogen (secondary N) is 1. The molecule has 0 saturated heterocycles. The lowest BCUT2D eigenvalue weighted by atomic mass is 9.95.